The van der Waals surface area contributed by atoms with Crippen LogP contribution in [0.25, 0.3) is 11.2 Å². The van der Waals surface area contributed by atoms with Crippen LogP contribution < -0.4 is 21.5 Å². The molecule has 0 atom stereocenters. The highest BCUT2D eigenvalue weighted by atomic mass is 16.4. The molecule has 1 aromatic carbocycles. The summed E-state index contributed by atoms with van der Waals surface area (Å²) in [6.45, 7) is 5.01. The first-order valence-corrected chi connectivity index (χ1v) is 10.3. The molecule has 4 rings (SSSR count). The molecule has 166 valence electrons. The van der Waals surface area contributed by atoms with Gasteiger partial charge in [-0.05, 0) is 24.6 Å². The smallest absolute Gasteiger partial charge is 0.335 e. The third-order valence-corrected chi connectivity index (χ3v) is 5.54. The molecule has 32 heavy (non-hydrogen) atoms. The van der Waals surface area contributed by atoms with E-state index in [9.17, 15) is 19.5 Å². The van der Waals surface area contributed by atoms with E-state index in [4.69, 9.17) is 0 Å². The van der Waals surface area contributed by atoms with Gasteiger partial charge in [0, 0.05) is 33.2 Å². The molecule has 3 heterocycles. The van der Waals surface area contributed by atoms with E-state index < -0.39 is 17.2 Å². The maximum absolute atomic E-state index is 13.5. The summed E-state index contributed by atoms with van der Waals surface area (Å²) in [5.41, 5.74) is 0.263. The monoisotopic (exact) mass is 436 g/mol. The molecule has 10 heteroatoms. The van der Waals surface area contributed by atoms with Gasteiger partial charge < -0.3 is 15.3 Å². The average molecular weight is 436 g/mol. The molecule has 2 N–H and O–H groups in total. The Morgan fingerprint density at radius 2 is 1.97 bits per heavy atom. The van der Waals surface area contributed by atoms with Gasteiger partial charge in [-0.1, -0.05) is 18.1 Å². The Labute approximate surface area is 183 Å². The van der Waals surface area contributed by atoms with Crippen LogP contribution in [-0.2, 0) is 20.1 Å². The standard InChI is InChI=1S/C22H24N6O4/c1-3-4-10-27-17-18(24-21(27)26-11-8-23-9-12-26)25(2)22(32)28(19(17)29)14-15-6-5-7-16(13-15)20(30)31/h5-7,13,23H,8-12,14H2,1-2H3,(H,30,31). The number of carbonyl (C=O) groups is 1. The van der Waals surface area contributed by atoms with Gasteiger partial charge in [-0.15, -0.1) is 5.92 Å². The normalized spacial score (nSPS) is 13.8. The zero-order valence-corrected chi connectivity index (χ0v) is 18.0. The van der Waals surface area contributed by atoms with Crippen molar-refractivity contribution in [2.75, 3.05) is 31.1 Å². The first-order chi connectivity index (χ1) is 15.4. The molecule has 0 aliphatic carbocycles. The van der Waals surface area contributed by atoms with Crippen LogP contribution in [0.2, 0.25) is 0 Å². The van der Waals surface area contributed by atoms with Gasteiger partial charge in [0.2, 0.25) is 5.95 Å². The lowest BCUT2D eigenvalue weighted by molar-refractivity contribution is 0.0696. The number of hydrogen-bond acceptors (Lipinski definition) is 6. The summed E-state index contributed by atoms with van der Waals surface area (Å²) in [6.07, 6.45) is 0. The van der Waals surface area contributed by atoms with E-state index in [1.807, 2.05) is 0 Å². The van der Waals surface area contributed by atoms with Crippen LogP contribution in [-0.4, -0.2) is 55.9 Å². The van der Waals surface area contributed by atoms with Crippen molar-refractivity contribution in [1.82, 2.24) is 24.0 Å². The maximum atomic E-state index is 13.5. The largest absolute Gasteiger partial charge is 0.478 e. The molecule has 10 nitrogen and oxygen atoms in total. The molecule has 1 aliphatic heterocycles. The van der Waals surface area contributed by atoms with Gasteiger partial charge in [-0.3, -0.25) is 18.5 Å². The Hall–Kier alpha value is -3.84. The molecule has 0 radical (unpaired) electrons. The van der Waals surface area contributed by atoms with Gasteiger partial charge in [0.15, 0.2) is 11.2 Å². The minimum Gasteiger partial charge on any atom is -0.478 e. The molecule has 2 aromatic heterocycles. The van der Waals surface area contributed by atoms with Crippen molar-refractivity contribution < 1.29 is 9.90 Å². The van der Waals surface area contributed by atoms with E-state index in [1.165, 1.54) is 16.7 Å². The number of benzene rings is 1. The predicted molar refractivity (Wildman–Crippen MR) is 120 cm³/mol. The third-order valence-electron chi connectivity index (χ3n) is 5.54. The first kappa shape index (κ1) is 21.4. The minimum absolute atomic E-state index is 0.0455. The number of piperazine rings is 1. The SMILES string of the molecule is CC#CCn1c(N2CCNCC2)nc2c1c(=O)n(Cc1cccc(C(=O)O)c1)c(=O)n2C. The molecule has 1 aliphatic rings. The fourth-order valence-electron chi connectivity index (χ4n) is 3.90. The number of imidazole rings is 1. The van der Waals surface area contributed by atoms with Gasteiger partial charge in [-0.2, -0.15) is 4.98 Å². The number of rotatable bonds is 5. The summed E-state index contributed by atoms with van der Waals surface area (Å²) in [5.74, 6) is 5.40. The number of carboxylic acids is 1. The zero-order chi connectivity index (χ0) is 22.8. The van der Waals surface area contributed by atoms with Crippen LogP contribution in [0.1, 0.15) is 22.8 Å². The Morgan fingerprint density at radius 1 is 1.22 bits per heavy atom. The molecule has 1 saturated heterocycles. The van der Waals surface area contributed by atoms with Gasteiger partial charge in [0.05, 0.1) is 18.7 Å². The fraction of sp³-hybridized carbons (Fsp3) is 0.364. The number of aromatic carboxylic acids is 1. The lowest BCUT2D eigenvalue weighted by atomic mass is 10.1. The second-order valence-corrected chi connectivity index (χ2v) is 7.57. The number of nitrogens with zero attached hydrogens (tertiary/aromatic N) is 5. The van der Waals surface area contributed by atoms with Crippen molar-refractivity contribution in [3.05, 3.63) is 56.2 Å². The molecule has 0 spiro atoms. The van der Waals surface area contributed by atoms with E-state index in [0.29, 0.717) is 22.7 Å². The zero-order valence-electron chi connectivity index (χ0n) is 18.0. The Balaban J connectivity index is 1.91. The maximum Gasteiger partial charge on any atom is 0.335 e. The van der Waals surface area contributed by atoms with E-state index in [0.717, 1.165) is 30.7 Å². The van der Waals surface area contributed by atoms with Crippen molar-refractivity contribution >= 4 is 23.1 Å². The number of carboxylic acid groups (broad SMARTS) is 1. The highest BCUT2D eigenvalue weighted by Gasteiger charge is 2.24. The molecule has 0 unspecified atom stereocenters. The average Bonchev–Trinajstić information content (AvgIpc) is 3.19. The van der Waals surface area contributed by atoms with Gasteiger partial charge in [0.1, 0.15) is 0 Å². The Bertz CT molecular complexity index is 1370. The van der Waals surface area contributed by atoms with Crippen molar-refractivity contribution in [1.29, 1.82) is 0 Å². The molecule has 3 aromatic rings. The lowest BCUT2D eigenvalue weighted by Crippen LogP contribution is -2.44. The van der Waals surface area contributed by atoms with Gasteiger partial charge in [0.25, 0.3) is 5.56 Å². The number of aryl methyl sites for hydroxylation is 1. The summed E-state index contributed by atoms with van der Waals surface area (Å²) < 4.78 is 4.24. The van der Waals surface area contributed by atoms with Crippen LogP contribution >= 0.6 is 0 Å². The first-order valence-electron chi connectivity index (χ1n) is 10.3. The van der Waals surface area contributed by atoms with Crippen LogP contribution in [0.4, 0.5) is 5.95 Å². The minimum atomic E-state index is -1.07. The van der Waals surface area contributed by atoms with Crippen molar-refractivity contribution in [3.63, 3.8) is 0 Å². The summed E-state index contributed by atoms with van der Waals surface area (Å²) in [4.78, 5) is 44.6. The van der Waals surface area contributed by atoms with Crippen molar-refractivity contribution in [2.45, 2.75) is 20.0 Å². The number of nitrogens with one attached hydrogen (secondary N) is 1. The second-order valence-electron chi connectivity index (χ2n) is 7.57. The van der Waals surface area contributed by atoms with E-state index in [2.05, 4.69) is 27.0 Å². The number of fused-ring (bicyclic) bond motifs is 1. The van der Waals surface area contributed by atoms with E-state index >= 15 is 0 Å². The number of anilines is 1. The van der Waals surface area contributed by atoms with Gasteiger partial charge in [-0.25, -0.2) is 9.59 Å². The third kappa shape index (κ3) is 3.78. The molecular weight excluding hydrogens is 412 g/mol. The molecule has 0 saturated carbocycles. The molecule has 0 amide bonds. The summed E-state index contributed by atoms with van der Waals surface area (Å²) >= 11 is 0. The number of hydrogen-bond donors (Lipinski definition) is 2. The summed E-state index contributed by atoms with van der Waals surface area (Å²) in [7, 11) is 1.58. The highest BCUT2D eigenvalue weighted by Crippen LogP contribution is 2.20. The molecular formula is C22H24N6O4. The quantitative estimate of drug-likeness (QED) is 0.544. The Kier molecular flexibility index (Phi) is 5.83. The van der Waals surface area contributed by atoms with Crippen molar-refractivity contribution in [3.8, 4) is 11.8 Å². The number of aromatic nitrogens is 4. The second kappa shape index (κ2) is 8.72. The van der Waals surface area contributed by atoms with Gasteiger partial charge >= 0.3 is 11.7 Å². The van der Waals surface area contributed by atoms with Crippen LogP contribution in [0.15, 0.2) is 33.9 Å². The molecule has 1 fully saturated rings. The molecule has 0 bridgehead atoms. The summed E-state index contributed by atoms with van der Waals surface area (Å²) in [6, 6.07) is 6.21. The van der Waals surface area contributed by atoms with Crippen molar-refractivity contribution in [2.24, 2.45) is 7.05 Å². The Morgan fingerprint density at radius 3 is 2.66 bits per heavy atom. The lowest BCUT2D eigenvalue weighted by Gasteiger charge is -2.28. The van der Waals surface area contributed by atoms with E-state index in [-0.39, 0.29) is 18.7 Å². The highest BCUT2D eigenvalue weighted by molar-refractivity contribution is 5.87. The fourth-order valence-corrected chi connectivity index (χ4v) is 3.90. The van der Waals surface area contributed by atoms with Crippen LogP contribution in [0, 0.1) is 11.8 Å². The topological polar surface area (TPSA) is 114 Å². The van der Waals surface area contributed by atoms with Crippen LogP contribution in [0.5, 0.6) is 0 Å². The van der Waals surface area contributed by atoms with E-state index in [1.54, 1.807) is 30.7 Å². The van der Waals surface area contributed by atoms with Crippen LogP contribution in [0.3, 0.4) is 0 Å². The predicted octanol–water partition coefficient (Wildman–Crippen LogP) is 0.0761. The summed E-state index contributed by atoms with van der Waals surface area (Å²) in [5, 5.41) is 12.5.